The lowest BCUT2D eigenvalue weighted by atomic mass is 9.94. The van der Waals surface area contributed by atoms with Gasteiger partial charge in [-0.1, -0.05) is 36.4 Å². The Morgan fingerprint density at radius 3 is 2.55 bits per heavy atom. The number of carbonyl (C=O) groups excluding carboxylic acids is 1. The topological polar surface area (TPSA) is 143 Å². The summed E-state index contributed by atoms with van der Waals surface area (Å²) in [4.78, 5) is 17.4. The van der Waals surface area contributed by atoms with E-state index in [9.17, 15) is 10.0 Å². The molecule has 0 unspecified atom stereocenters. The van der Waals surface area contributed by atoms with E-state index in [-0.39, 0.29) is 24.2 Å². The van der Waals surface area contributed by atoms with Crippen molar-refractivity contribution in [1.82, 2.24) is 10.0 Å². The summed E-state index contributed by atoms with van der Waals surface area (Å²) < 4.78 is 1.03. The third-order valence-corrected chi connectivity index (χ3v) is 5.85. The highest BCUT2D eigenvalue weighted by Gasteiger charge is 2.18. The van der Waals surface area contributed by atoms with Gasteiger partial charge in [-0.3, -0.25) is 15.2 Å². The maximum Gasteiger partial charge on any atom is 0.226 e. The number of hydrogen-bond acceptors (Lipinski definition) is 5. The molecular formula is C25H28N6O2. The van der Waals surface area contributed by atoms with Crippen LogP contribution in [-0.4, -0.2) is 27.7 Å². The first kappa shape index (κ1) is 22.1. The fraction of sp³-hybridized carbons (Fsp3) is 0.240. The molecule has 0 bridgehead atoms. The summed E-state index contributed by atoms with van der Waals surface area (Å²) in [5.41, 5.74) is 16.0. The van der Waals surface area contributed by atoms with Crippen LogP contribution in [0.4, 0.5) is 5.69 Å². The number of carbonyl (C=O) groups is 1. The lowest BCUT2D eigenvalue weighted by Crippen LogP contribution is -2.31. The minimum Gasteiger partial charge on any atom is -0.427 e. The summed E-state index contributed by atoms with van der Waals surface area (Å²) in [6, 6.07) is 18.3. The van der Waals surface area contributed by atoms with Crippen LogP contribution in [0.3, 0.4) is 0 Å². The number of nitrogen functional groups attached to an aromatic ring is 2. The van der Waals surface area contributed by atoms with Gasteiger partial charge in [0.25, 0.3) is 0 Å². The number of nitrogens with one attached hydrogen (secondary N) is 2. The first-order valence-corrected chi connectivity index (χ1v) is 10.9. The highest BCUT2D eigenvalue weighted by molar-refractivity contribution is 5.94. The predicted octanol–water partition coefficient (Wildman–Crippen LogP) is 2.57. The molecular weight excluding hydrogens is 416 g/mol. The van der Waals surface area contributed by atoms with Gasteiger partial charge in [-0.05, 0) is 54.7 Å². The molecule has 0 aliphatic heterocycles. The van der Waals surface area contributed by atoms with Gasteiger partial charge in [-0.2, -0.15) is 4.73 Å². The Kier molecular flexibility index (Phi) is 6.44. The maximum atomic E-state index is 12.8. The lowest BCUT2D eigenvalue weighted by molar-refractivity contribution is -0.120. The van der Waals surface area contributed by atoms with Gasteiger partial charge in [-0.15, -0.1) is 0 Å². The van der Waals surface area contributed by atoms with Crippen molar-refractivity contribution in [3.05, 3.63) is 83.0 Å². The number of pyridine rings is 1. The minimum absolute atomic E-state index is 0.000592. The molecule has 0 saturated heterocycles. The number of amides is 1. The second kappa shape index (κ2) is 9.60. The molecule has 1 aromatic heterocycles. The summed E-state index contributed by atoms with van der Waals surface area (Å²) in [6.45, 7) is 0.322. The third-order valence-electron chi connectivity index (χ3n) is 5.85. The zero-order valence-corrected chi connectivity index (χ0v) is 18.3. The van der Waals surface area contributed by atoms with Crippen LogP contribution < -0.4 is 22.3 Å². The van der Waals surface area contributed by atoms with Crippen molar-refractivity contribution in [3.8, 4) is 11.1 Å². The number of amidine groups is 1. The van der Waals surface area contributed by atoms with E-state index >= 15 is 0 Å². The van der Waals surface area contributed by atoms with Crippen molar-refractivity contribution in [2.75, 3.05) is 5.73 Å². The summed E-state index contributed by atoms with van der Waals surface area (Å²) in [6.07, 6.45) is 3.13. The van der Waals surface area contributed by atoms with E-state index in [1.807, 2.05) is 36.4 Å². The molecule has 1 aliphatic rings. The molecule has 3 aromatic rings. The normalized spacial score (nSPS) is 14.0. The van der Waals surface area contributed by atoms with Crippen molar-refractivity contribution in [3.63, 3.8) is 0 Å². The van der Waals surface area contributed by atoms with E-state index in [0.29, 0.717) is 29.0 Å². The second-order valence-corrected chi connectivity index (χ2v) is 8.27. The van der Waals surface area contributed by atoms with Gasteiger partial charge in [0.2, 0.25) is 5.91 Å². The molecule has 1 amide bonds. The van der Waals surface area contributed by atoms with Gasteiger partial charge in [0.15, 0.2) is 5.49 Å². The van der Waals surface area contributed by atoms with Crippen LogP contribution in [0.2, 0.25) is 0 Å². The van der Waals surface area contributed by atoms with Crippen LogP contribution in [-0.2, 0) is 17.8 Å². The summed E-state index contributed by atoms with van der Waals surface area (Å²) >= 11 is 0. The molecule has 2 aromatic carbocycles. The number of aromatic nitrogens is 1. The third kappa shape index (κ3) is 5.23. The minimum atomic E-state index is -0.237. The number of rotatable bonds is 7. The zero-order chi connectivity index (χ0) is 23.4. The molecule has 4 rings (SSSR count). The Morgan fingerprint density at radius 1 is 1.15 bits per heavy atom. The second-order valence-electron chi connectivity index (χ2n) is 8.27. The SMILES string of the molecule is N=C(N)c1ccc(CNC(=O)Cc2c(-c3cccc(N)c3)ccc(=NC3CCC3)n2O)cc1. The molecule has 0 spiro atoms. The Hall–Kier alpha value is -4.07. The van der Waals surface area contributed by atoms with Gasteiger partial charge in [-0.25, -0.2) is 0 Å². The van der Waals surface area contributed by atoms with E-state index in [0.717, 1.165) is 40.7 Å². The number of nitrogens with two attached hydrogens (primary N) is 2. The van der Waals surface area contributed by atoms with Crippen LogP contribution in [0.15, 0.2) is 65.7 Å². The highest BCUT2D eigenvalue weighted by atomic mass is 16.5. The molecule has 1 aliphatic carbocycles. The predicted molar refractivity (Wildman–Crippen MR) is 128 cm³/mol. The molecule has 170 valence electrons. The summed E-state index contributed by atoms with van der Waals surface area (Å²) in [7, 11) is 0. The Morgan fingerprint density at radius 2 is 1.91 bits per heavy atom. The molecule has 0 atom stereocenters. The van der Waals surface area contributed by atoms with Gasteiger partial charge in [0, 0.05) is 23.4 Å². The average Bonchev–Trinajstić information content (AvgIpc) is 2.77. The van der Waals surface area contributed by atoms with E-state index in [1.54, 1.807) is 24.3 Å². The number of benzene rings is 2. The van der Waals surface area contributed by atoms with Crippen molar-refractivity contribution < 1.29 is 10.0 Å². The molecule has 8 nitrogen and oxygen atoms in total. The standard InChI is InChI=1S/C25H28N6O2/c26-19-4-1-3-18(13-19)21-11-12-23(30-20-5-2-6-20)31(33)22(21)14-24(32)29-15-16-7-9-17(10-8-16)25(27)28/h1,3-4,7-13,20,33H,2,5-6,14-15,26H2,(H3,27,28)(H,29,32). The van der Waals surface area contributed by atoms with Crippen molar-refractivity contribution in [2.24, 2.45) is 10.7 Å². The van der Waals surface area contributed by atoms with Crippen molar-refractivity contribution >= 4 is 17.4 Å². The summed E-state index contributed by atoms with van der Waals surface area (Å²) in [5, 5.41) is 21.3. The smallest absolute Gasteiger partial charge is 0.226 e. The monoisotopic (exact) mass is 444 g/mol. The lowest BCUT2D eigenvalue weighted by Gasteiger charge is -2.21. The van der Waals surface area contributed by atoms with Crippen LogP contribution >= 0.6 is 0 Å². The van der Waals surface area contributed by atoms with Gasteiger partial charge < -0.3 is 22.0 Å². The first-order chi connectivity index (χ1) is 15.9. The molecule has 8 heteroatoms. The number of hydrogen-bond donors (Lipinski definition) is 5. The van der Waals surface area contributed by atoms with Crippen LogP contribution in [0.1, 0.15) is 36.1 Å². The van der Waals surface area contributed by atoms with Gasteiger partial charge in [0.1, 0.15) is 5.84 Å². The van der Waals surface area contributed by atoms with E-state index in [1.165, 1.54) is 0 Å². The average molecular weight is 445 g/mol. The maximum absolute atomic E-state index is 12.8. The van der Waals surface area contributed by atoms with Crippen LogP contribution in [0.25, 0.3) is 11.1 Å². The fourth-order valence-corrected chi connectivity index (χ4v) is 3.73. The molecule has 1 heterocycles. The molecule has 1 saturated carbocycles. The highest BCUT2D eigenvalue weighted by Crippen LogP contribution is 2.25. The van der Waals surface area contributed by atoms with E-state index in [2.05, 4.69) is 10.3 Å². The zero-order valence-electron chi connectivity index (χ0n) is 18.3. The van der Waals surface area contributed by atoms with Gasteiger partial charge in [0.05, 0.1) is 18.2 Å². The van der Waals surface area contributed by atoms with Crippen molar-refractivity contribution in [1.29, 1.82) is 5.41 Å². The number of nitrogens with zero attached hydrogens (tertiary/aromatic N) is 2. The van der Waals surface area contributed by atoms with Crippen LogP contribution in [0.5, 0.6) is 0 Å². The molecule has 7 N–H and O–H groups in total. The Labute approximate surface area is 192 Å². The molecule has 0 radical (unpaired) electrons. The Bertz CT molecular complexity index is 1240. The van der Waals surface area contributed by atoms with E-state index in [4.69, 9.17) is 16.9 Å². The first-order valence-electron chi connectivity index (χ1n) is 10.9. The summed E-state index contributed by atoms with van der Waals surface area (Å²) in [5.74, 6) is -0.237. The van der Waals surface area contributed by atoms with Gasteiger partial charge >= 0.3 is 0 Å². The van der Waals surface area contributed by atoms with Crippen LogP contribution in [0, 0.1) is 5.41 Å². The Balaban J connectivity index is 1.58. The number of anilines is 1. The quantitative estimate of drug-likeness (QED) is 0.165. The molecule has 33 heavy (non-hydrogen) atoms. The molecule has 1 fully saturated rings. The van der Waals surface area contributed by atoms with E-state index < -0.39 is 0 Å². The fourth-order valence-electron chi connectivity index (χ4n) is 3.73. The largest absolute Gasteiger partial charge is 0.427 e. The van der Waals surface area contributed by atoms with Crippen molar-refractivity contribution in [2.45, 2.75) is 38.3 Å².